The predicted molar refractivity (Wildman–Crippen MR) is 66.8 cm³/mol. The van der Waals surface area contributed by atoms with E-state index in [0.29, 0.717) is 5.56 Å². The van der Waals surface area contributed by atoms with Gasteiger partial charge in [-0.2, -0.15) is 12.6 Å². The van der Waals surface area contributed by atoms with Gasteiger partial charge >= 0.3 is 5.97 Å². The highest BCUT2D eigenvalue weighted by molar-refractivity contribution is 7.80. The number of aliphatic carboxylic acids is 1. The third-order valence-corrected chi connectivity index (χ3v) is 2.60. The molecule has 0 spiro atoms. The van der Waals surface area contributed by atoms with E-state index < -0.39 is 24.0 Å². The molecule has 0 aromatic heterocycles. The number of hydrogen-bond donors (Lipinski definition) is 4. The van der Waals surface area contributed by atoms with Gasteiger partial charge in [-0.3, -0.25) is 4.79 Å². The molecule has 0 aliphatic carbocycles. The Kier molecular flexibility index (Phi) is 4.99. The topological polar surface area (TPSA) is 92.4 Å². The summed E-state index contributed by atoms with van der Waals surface area (Å²) in [6.45, 7) is 0. The maximum atomic E-state index is 11.7. The number of hydrogen-bond acceptors (Lipinski definition) is 4. The van der Waals surface area contributed by atoms with Crippen LogP contribution in [0.2, 0.25) is 0 Å². The number of benzene rings is 1. The minimum Gasteiger partial charge on any atom is -0.480 e. The number of thiol groups is 1. The average Bonchev–Trinajstić information content (AvgIpc) is 2.35. The molecule has 1 amide bonds. The Labute approximate surface area is 104 Å². The lowest BCUT2D eigenvalue weighted by atomic mass is 10.1. The van der Waals surface area contributed by atoms with Crippen molar-refractivity contribution in [3.05, 3.63) is 35.9 Å². The zero-order valence-electron chi connectivity index (χ0n) is 9.04. The monoisotopic (exact) mass is 254 g/mol. The molecule has 1 aromatic rings. The predicted octanol–water partition coefficient (Wildman–Crippen LogP) is 0.186. The van der Waals surface area contributed by atoms with E-state index in [1.165, 1.54) is 0 Å². The number of carbonyl (C=O) groups is 2. The fraction of sp³-hybridized carbons (Fsp3) is 0.273. The van der Waals surface area contributed by atoms with Gasteiger partial charge in [0.15, 0.2) is 0 Å². The fourth-order valence-electron chi connectivity index (χ4n) is 1.26. The average molecular weight is 254 g/mol. The van der Waals surface area contributed by atoms with Gasteiger partial charge in [-0.1, -0.05) is 30.3 Å². The summed E-state index contributed by atoms with van der Waals surface area (Å²) in [6.07, 6.45) is 0. The zero-order valence-corrected chi connectivity index (χ0v) is 9.93. The first-order valence-electron chi connectivity index (χ1n) is 5.01. The Morgan fingerprint density at radius 3 is 2.41 bits per heavy atom. The van der Waals surface area contributed by atoms with Crippen molar-refractivity contribution in [3.63, 3.8) is 0 Å². The van der Waals surface area contributed by atoms with E-state index in [0.717, 1.165) is 0 Å². The first-order valence-corrected chi connectivity index (χ1v) is 5.64. The standard InChI is InChI=1S/C11H14N2O3S/c12-9(7-4-2-1-3-5-7)10(14)13-8(6-17)11(15)16/h1-5,8-9,17H,6,12H2,(H,13,14)(H,15,16)/t8-,9?/m0/s1. The lowest BCUT2D eigenvalue weighted by molar-refractivity contribution is -0.141. The summed E-state index contributed by atoms with van der Waals surface area (Å²) in [4.78, 5) is 22.4. The molecule has 0 aliphatic heterocycles. The number of carboxylic acid groups (broad SMARTS) is 1. The van der Waals surface area contributed by atoms with Crippen molar-refractivity contribution in [1.82, 2.24) is 5.32 Å². The smallest absolute Gasteiger partial charge is 0.327 e. The van der Waals surface area contributed by atoms with Crippen molar-refractivity contribution >= 4 is 24.5 Å². The number of nitrogens with two attached hydrogens (primary N) is 1. The van der Waals surface area contributed by atoms with Crippen molar-refractivity contribution in [2.75, 3.05) is 5.75 Å². The second-order valence-corrected chi connectivity index (χ2v) is 3.84. The van der Waals surface area contributed by atoms with Crippen molar-refractivity contribution < 1.29 is 14.7 Å². The molecular formula is C11H14N2O3S. The summed E-state index contributed by atoms with van der Waals surface area (Å²) < 4.78 is 0. The van der Waals surface area contributed by atoms with Gasteiger partial charge < -0.3 is 16.2 Å². The Bertz CT molecular complexity index is 397. The molecule has 6 heteroatoms. The van der Waals surface area contributed by atoms with Crippen molar-refractivity contribution in [2.24, 2.45) is 5.73 Å². The van der Waals surface area contributed by atoms with Crippen molar-refractivity contribution in [2.45, 2.75) is 12.1 Å². The second-order valence-electron chi connectivity index (χ2n) is 3.47. The van der Waals surface area contributed by atoms with Gasteiger partial charge in [-0.05, 0) is 5.56 Å². The lowest BCUT2D eigenvalue weighted by Crippen LogP contribution is -2.45. The quantitative estimate of drug-likeness (QED) is 0.564. The summed E-state index contributed by atoms with van der Waals surface area (Å²) in [5.41, 5.74) is 6.34. The molecule has 1 aromatic carbocycles. The lowest BCUT2D eigenvalue weighted by Gasteiger charge is -2.16. The highest BCUT2D eigenvalue weighted by Gasteiger charge is 2.22. The van der Waals surface area contributed by atoms with E-state index >= 15 is 0 Å². The molecule has 2 atom stereocenters. The highest BCUT2D eigenvalue weighted by Crippen LogP contribution is 2.09. The van der Waals surface area contributed by atoms with Gasteiger partial charge in [0.05, 0.1) is 0 Å². The van der Waals surface area contributed by atoms with E-state index in [9.17, 15) is 9.59 Å². The van der Waals surface area contributed by atoms with Gasteiger partial charge in [-0.15, -0.1) is 0 Å². The maximum Gasteiger partial charge on any atom is 0.327 e. The third-order valence-electron chi connectivity index (χ3n) is 2.24. The molecule has 0 bridgehead atoms. The third kappa shape index (κ3) is 3.76. The molecule has 0 saturated heterocycles. The molecule has 0 radical (unpaired) electrons. The minimum absolute atomic E-state index is 0.0165. The second kappa shape index (κ2) is 6.27. The Hall–Kier alpha value is -1.53. The van der Waals surface area contributed by atoms with Crippen molar-refractivity contribution in [3.8, 4) is 0 Å². The van der Waals surface area contributed by atoms with Crippen LogP contribution in [0.1, 0.15) is 11.6 Å². The first-order chi connectivity index (χ1) is 8.06. The number of rotatable bonds is 5. The van der Waals surface area contributed by atoms with Gasteiger partial charge in [0, 0.05) is 5.75 Å². The maximum absolute atomic E-state index is 11.7. The normalized spacial score (nSPS) is 13.8. The van der Waals surface area contributed by atoms with Crippen LogP contribution in [0.5, 0.6) is 0 Å². The summed E-state index contributed by atoms with van der Waals surface area (Å²) >= 11 is 3.85. The summed E-state index contributed by atoms with van der Waals surface area (Å²) in [7, 11) is 0. The molecule has 5 nitrogen and oxygen atoms in total. The van der Waals surface area contributed by atoms with Crippen LogP contribution in [0.25, 0.3) is 0 Å². The van der Waals surface area contributed by atoms with Gasteiger partial charge in [0.25, 0.3) is 0 Å². The van der Waals surface area contributed by atoms with Crippen LogP contribution in [0, 0.1) is 0 Å². The van der Waals surface area contributed by atoms with E-state index in [4.69, 9.17) is 10.8 Å². The molecule has 0 saturated carbocycles. The zero-order chi connectivity index (χ0) is 12.8. The minimum atomic E-state index is -1.13. The van der Waals surface area contributed by atoms with Gasteiger partial charge in [-0.25, -0.2) is 4.79 Å². The van der Waals surface area contributed by atoms with Crippen LogP contribution >= 0.6 is 12.6 Å². The highest BCUT2D eigenvalue weighted by atomic mass is 32.1. The van der Waals surface area contributed by atoms with Crippen LogP contribution in [0.15, 0.2) is 30.3 Å². The van der Waals surface area contributed by atoms with Gasteiger partial charge in [0.1, 0.15) is 12.1 Å². The number of amides is 1. The van der Waals surface area contributed by atoms with E-state index in [-0.39, 0.29) is 5.75 Å². The van der Waals surface area contributed by atoms with Crippen LogP contribution in [0.4, 0.5) is 0 Å². The molecule has 1 rings (SSSR count). The SMILES string of the molecule is NC(C(=O)N[C@@H](CS)C(=O)O)c1ccccc1. The summed E-state index contributed by atoms with van der Waals surface area (Å²) in [5, 5.41) is 11.1. The number of carbonyl (C=O) groups excluding carboxylic acids is 1. The Morgan fingerprint density at radius 2 is 1.94 bits per heavy atom. The summed E-state index contributed by atoms with van der Waals surface area (Å²) in [6, 6.07) is 6.84. The molecule has 0 heterocycles. The number of carboxylic acids is 1. The Morgan fingerprint density at radius 1 is 1.35 bits per heavy atom. The molecule has 17 heavy (non-hydrogen) atoms. The first kappa shape index (κ1) is 13.5. The molecule has 1 unspecified atom stereocenters. The van der Waals surface area contributed by atoms with E-state index in [1.807, 2.05) is 6.07 Å². The largest absolute Gasteiger partial charge is 0.480 e. The van der Waals surface area contributed by atoms with Crippen LogP contribution in [-0.4, -0.2) is 28.8 Å². The number of nitrogens with one attached hydrogen (secondary N) is 1. The molecule has 0 fully saturated rings. The fourth-order valence-corrected chi connectivity index (χ4v) is 1.51. The Balaban J connectivity index is 2.68. The van der Waals surface area contributed by atoms with Crippen molar-refractivity contribution in [1.29, 1.82) is 0 Å². The molecule has 92 valence electrons. The van der Waals surface area contributed by atoms with Crippen LogP contribution in [0.3, 0.4) is 0 Å². The van der Waals surface area contributed by atoms with E-state index in [2.05, 4.69) is 17.9 Å². The van der Waals surface area contributed by atoms with Crippen LogP contribution < -0.4 is 11.1 Å². The van der Waals surface area contributed by atoms with Gasteiger partial charge in [0.2, 0.25) is 5.91 Å². The molecule has 0 aliphatic rings. The van der Waals surface area contributed by atoms with E-state index in [1.54, 1.807) is 24.3 Å². The summed E-state index contributed by atoms with van der Waals surface area (Å²) in [5.74, 6) is -1.64. The van der Waals surface area contributed by atoms with Crippen LogP contribution in [-0.2, 0) is 9.59 Å². The molecule has 4 N–H and O–H groups in total. The molecular weight excluding hydrogens is 240 g/mol.